The fraction of sp³-hybridized carbons (Fsp3) is 0.708. The van der Waals surface area contributed by atoms with Gasteiger partial charge in [0.2, 0.25) is 5.88 Å². The number of nitrogens with zero attached hydrogens (tertiary/aromatic N) is 2. The lowest BCUT2D eigenvalue weighted by Crippen LogP contribution is -2.55. The highest BCUT2D eigenvalue weighted by molar-refractivity contribution is 5.96. The molecule has 8 nitrogen and oxygen atoms in total. The zero-order chi connectivity index (χ0) is 23.0. The first kappa shape index (κ1) is 22.7. The van der Waals surface area contributed by atoms with Crippen molar-refractivity contribution in [3.8, 4) is 5.88 Å². The van der Waals surface area contributed by atoms with Gasteiger partial charge in [0.1, 0.15) is 5.56 Å². The Morgan fingerprint density at radius 3 is 2.41 bits per heavy atom. The Morgan fingerprint density at radius 2 is 1.84 bits per heavy atom. The minimum Gasteiger partial charge on any atom is -0.477 e. The predicted octanol–water partition coefficient (Wildman–Crippen LogP) is 3.39. The summed E-state index contributed by atoms with van der Waals surface area (Å²) in [4.78, 5) is 24.6. The second kappa shape index (κ2) is 8.79. The molecule has 5 rings (SSSR count). The topological polar surface area (TPSA) is 111 Å². The Labute approximate surface area is 190 Å². The maximum Gasteiger partial charge on any atom is 0.312 e. The summed E-state index contributed by atoms with van der Waals surface area (Å²) >= 11 is 0. The first-order chi connectivity index (χ1) is 15.1. The van der Waals surface area contributed by atoms with Gasteiger partial charge in [-0.25, -0.2) is 9.48 Å². The van der Waals surface area contributed by atoms with Gasteiger partial charge in [0.15, 0.2) is 0 Å². The number of hydrogen-bond donors (Lipinski definition) is 3. The summed E-state index contributed by atoms with van der Waals surface area (Å²) in [6.45, 7) is 8.25. The number of carbonyl (C=O) groups is 2. The lowest BCUT2D eigenvalue weighted by atomic mass is 9.54. The van der Waals surface area contributed by atoms with Gasteiger partial charge in [-0.15, -0.1) is 0 Å². The van der Waals surface area contributed by atoms with Crippen molar-refractivity contribution in [3.63, 3.8) is 0 Å². The Kier molecular flexibility index (Phi) is 6.23. The van der Waals surface area contributed by atoms with Crippen molar-refractivity contribution < 1.29 is 14.3 Å². The molecule has 0 unspecified atom stereocenters. The molecule has 0 aliphatic heterocycles. The van der Waals surface area contributed by atoms with Crippen LogP contribution in [0.2, 0.25) is 0 Å². The van der Waals surface area contributed by atoms with Crippen LogP contribution in [0.5, 0.6) is 5.88 Å². The summed E-state index contributed by atoms with van der Waals surface area (Å²) in [5.74, 6) is 3.54. The van der Waals surface area contributed by atoms with E-state index in [1.54, 1.807) is 23.2 Å². The number of hydrogen-bond acceptors (Lipinski definition) is 4. The zero-order valence-corrected chi connectivity index (χ0v) is 19.6. The molecule has 4 aliphatic rings. The minimum absolute atomic E-state index is 0.115. The van der Waals surface area contributed by atoms with Crippen LogP contribution in [-0.4, -0.2) is 39.9 Å². The molecule has 176 valence electrons. The largest absolute Gasteiger partial charge is 0.477 e. The molecule has 8 heteroatoms. The number of nitrogens with one attached hydrogen (secondary N) is 2. The molecule has 3 amide bonds. The molecule has 4 N–H and O–H groups in total. The normalized spacial score (nSPS) is 29.0. The highest BCUT2D eigenvalue weighted by Gasteiger charge is 2.48. The van der Waals surface area contributed by atoms with Gasteiger partial charge in [0.05, 0.1) is 18.3 Å². The van der Waals surface area contributed by atoms with Crippen LogP contribution in [-0.2, 0) is 0 Å². The summed E-state index contributed by atoms with van der Waals surface area (Å²) in [5, 5.41) is 10.4. The number of carbonyl (C=O) groups excluding carboxylic acids is 2. The van der Waals surface area contributed by atoms with E-state index in [1.807, 2.05) is 13.8 Å². The second-order valence-electron chi connectivity index (χ2n) is 11.0. The molecule has 0 atom stereocenters. The van der Waals surface area contributed by atoms with Crippen molar-refractivity contribution >= 4 is 18.1 Å². The van der Waals surface area contributed by atoms with Gasteiger partial charge in [0.25, 0.3) is 5.91 Å². The lowest BCUT2D eigenvalue weighted by molar-refractivity contribution is -0.0120. The Hall–Kier alpha value is -2.51. The Morgan fingerprint density at radius 1 is 1.22 bits per heavy atom. The van der Waals surface area contributed by atoms with Crippen molar-refractivity contribution in [3.05, 3.63) is 17.8 Å². The van der Waals surface area contributed by atoms with Gasteiger partial charge in [-0.2, -0.15) is 5.10 Å². The smallest absolute Gasteiger partial charge is 0.312 e. The van der Waals surface area contributed by atoms with Gasteiger partial charge in [-0.3, -0.25) is 4.79 Å². The number of ether oxygens (including phenoxy) is 1. The number of aromatic nitrogens is 2. The minimum atomic E-state index is -0.671. The van der Waals surface area contributed by atoms with Gasteiger partial charge < -0.3 is 21.1 Å². The van der Waals surface area contributed by atoms with Gasteiger partial charge in [-0.1, -0.05) is 13.8 Å². The molecule has 0 aromatic carbocycles. The average Bonchev–Trinajstić information content (AvgIpc) is 3.09. The third kappa shape index (κ3) is 4.94. The molecular weight excluding hydrogens is 406 g/mol. The predicted molar refractivity (Wildman–Crippen MR) is 123 cm³/mol. The molecule has 4 saturated carbocycles. The van der Waals surface area contributed by atoms with Crippen molar-refractivity contribution in [1.82, 2.24) is 20.4 Å². The fourth-order valence-electron chi connectivity index (χ4n) is 6.01. The van der Waals surface area contributed by atoms with E-state index in [2.05, 4.69) is 29.6 Å². The van der Waals surface area contributed by atoms with Crippen LogP contribution < -0.4 is 21.1 Å². The number of nitrogens with two attached hydrogens (primary N) is 1. The van der Waals surface area contributed by atoms with Crippen molar-refractivity contribution in [2.24, 2.45) is 35.3 Å². The average molecular weight is 444 g/mol. The van der Waals surface area contributed by atoms with Crippen molar-refractivity contribution in [1.29, 1.82) is 0 Å². The molecule has 0 radical (unpaired) electrons. The van der Waals surface area contributed by atoms with Gasteiger partial charge >= 0.3 is 6.03 Å². The highest BCUT2D eigenvalue weighted by atomic mass is 16.5. The monoisotopic (exact) mass is 443 g/mol. The van der Waals surface area contributed by atoms with Crippen molar-refractivity contribution in [2.75, 3.05) is 6.61 Å². The maximum atomic E-state index is 13.3. The first-order valence-electron chi connectivity index (χ1n) is 11.9. The molecule has 0 saturated heterocycles. The van der Waals surface area contributed by atoms with Gasteiger partial charge in [-0.05, 0) is 81.6 Å². The van der Waals surface area contributed by atoms with E-state index in [1.165, 1.54) is 32.1 Å². The first-order valence-corrected chi connectivity index (χ1v) is 11.9. The van der Waals surface area contributed by atoms with Crippen LogP contribution in [0.25, 0.3) is 6.20 Å². The van der Waals surface area contributed by atoms with Crippen LogP contribution >= 0.6 is 0 Å². The van der Waals surface area contributed by atoms with E-state index in [4.69, 9.17) is 10.5 Å². The van der Waals surface area contributed by atoms with E-state index in [9.17, 15) is 9.59 Å². The highest BCUT2D eigenvalue weighted by Crippen LogP contribution is 2.53. The third-order valence-corrected chi connectivity index (χ3v) is 7.15. The van der Waals surface area contributed by atoms with Crippen LogP contribution in [0.15, 0.2) is 12.3 Å². The van der Waals surface area contributed by atoms with Crippen LogP contribution in [0.4, 0.5) is 4.79 Å². The molecule has 0 spiro atoms. The molecule has 1 heterocycles. The van der Waals surface area contributed by atoms with E-state index in [0.29, 0.717) is 35.8 Å². The molecule has 4 aliphatic carbocycles. The maximum absolute atomic E-state index is 13.3. The SMILES string of the molecule is CC(C)COc1c(C(=O)NC2C3CC4CC(C3)CC2C4)cnn1/C=C/C(C)(C)NC(N)=O. The molecular formula is C24H37N5O3. The van der Waals surface area contributed by atoms with Gasteiger partial charge in [0, 0.05) is 12.2 Å². The van der Waals surface area contributed by atoms with Crippen LogP contribution in [0.1, 0.15) is 70.2 Å². The molecule has 1 aromatic heterocycles. The second-order valence-corrected chi connectivity index (χ2v) is 11.0. The molecule has 4 bridgehead atoms. The molecule has 32 heavy (non-hydrogen) atoms. The molecule has 1 aromatic rings. The van der Waals surface area contributed by atoms with E-state index in [0.717, 1.165) is 11.8 Å². The quantitative estimate of drug-likeness (QED) is 0.572. The number of primary amides is 1. The fourth-order valence-corrected chi connectivity index (χ4v) is 6.01. The number of amides is 3. The lowest BCUT2D eigenvalue weighted by Gasteiger charge is -2.54. The standard InChI is InChI=1S/C24H37N5O3/c1-14(2)13-32-22-19(12-26-29(22)6-5-24(3,4)28-23(25)31)21(30)27-20-17-8-15-7-16(10-17)11-18(20)9-15/h5-6,12,14-18,20H,7-11,13H2,1-4H3,(H,27,30)(H3,25,28,31)/b6-5+. The van der Waals surface area contributed by atoms with E-state index < -0.39 is 11.6 Å². The summed E-state index contributed by atoms with van der Waals surface area (Å²) in [6, 6.07) is -0.349. The van der Waals surface area contributed by atoms with E-state index in [-0.39, 0.29) is 11.9 Å². The Bertz CT molecular complexity index is 860. The Balaban J connectivity index is 1.52. The number of urea groups is 1. The van der Waals surface area contributed by atoms with E-state index >= 15 is 0 Å². The third-order valence-electron chi connectivity index (χ3n) is 7.15. The summed E-state index contributed by atoms with van der Waals surface area (Å²) in [7, 11) is 0. The molecule has 4 fully saturated rings. The summed E-state index contributed by atoms with van der Waals surface area (Å²) in [5.41, 5.74) is 5.04. The van der Waals surface area contributed by atoms with Crippen molar-refractivity contribution in [2.45, 2.75) is 71.4 Å². The zero-order valence-electron chi connectivity index (χ0n) is 19.6. The number of rotatable bonds is 8. The summed E-state index contributed by atoms with van der Waals surface area (Å²) < 4.78 is 7.57. The van der Waals surface area contributed by atoms with Crippen LogP contribution in [0, 0.1) is 29.6 Å². The van der Waals surface area contributed by atoms with Crippen LogP contribution in [0.3, 0.4) is 0 Å². The summed E-state index contributed by atoms with van der Waals surface area (Å²) in [6.07, 6.45) is 11.4.